The normalized spacial score (nSPS) is 19.5. The smallest absolute Gasteiger partial charge is 0.317 e. The van der Waals surface area contributed by atoms with Crippen molar-refractivity contribution in [2.24, 2.45) is 11.8 Å². The molecule has 1 rings (SSSR count). The summed E-state index contributed by atoms with van der Waals surface area (Å²) in [5, 5.41) is 11.6. The minimum atomic E-state index is -0.903. The zero-order valence-electron chi connectivity index (χ0n) is 11.9. The van der Waals surface area contributed by atoms with Crippen molar-refractivity contribution >= 4 is 12.0 Å². The monoisotopic (exact) mass is 272 g/mol. The molecule has 6 heteroatoms. The number of nitrogens with one attached hydrogen (secondary N) is 1. The highest BCUT2D eigenvalue weighted by Gasteiger charge is 2.23. The zero-order chi connectivity index (χ0) is 14.4. The van der Waals surface area contributed by atoms with E-state index in [1.54, 1.807) is 25.8 Å². The number of amides is 2. The van der Waals surface area contributed by atoms with E-state index >= 15 is 0 Å². The molecule has 110 valence electrons. The first-order valence-electron chi connectivity index (χ1n) is 6.74. The first kappa shape index (κ1) is 15.8. The fourth-order valence-corrected chi connectivity index (χ4v) is 2.04. The third kappa shape index (κ3) is 5.06. The predicted molar refractivity (Wildman–Crippen MR) is 71.0 cm³/mol. The van der Waals surface area contributed by atoms with Gasteiger partial charge in [-0.3, -0.25) is 4.79 Å². The van der Waals surface area contributed by atoms with E-state index in [0.717, 1.165) is 26.1 Å². The molecule has 2 N–H and O–H groups in total. The topological polar surface area (TPSA) is 78.9 Å². The second-order valence-electron chi connectivity index (χ2n) is 5.30. The van der Waals surface area contributed by atoms with Gasteiger partial charge in [0.15, 0.2) is 0 Å². The Labute approximate surface area is 114 Å². The molecule has 0 aromatic rings. The summed E-state index contributed by atoms with van der Waals surface area (Å²) < 4.78 is 5.28. The Balaban J connectivity index is 2.37. The Hall–Kier alpha value is -1.30. The van der Waals surface area contributed by atoms with E-state index in [1.165, 1.54) is 0 Å². The van der Waals surface area contributed by atoms with Crippen LogP contribution in [0.3, 0.4) is 0 Å². The fraction of sp³-hybridized carbons (Fsp3) is 0.846. The highest BCUT2D eigenvalue weighted by atomic mass is 16.5. The summed E-state index contributed by atoms with van der Waals surface area (Å²) in [7, 11) is 1.74. The molecule has 0 aromatic heterocycles. The molecule has 0 spiro atoms. The van der Waals surface area contributed by atoms with Crippen LogP contribution in [-0.4, -0.2) is 54.9 Å². The van der Waals surface area contributed by atoms with Crippen LogP contribution in [0.4, 0.5) is 4.79 Å². The number of carboxylic acid groups (broad SMARTS) is 1. The van der Waals surface area contributed by atoms with Gasteiger partial charge in [0.25, 0.3) is 0 Å². The number of carboxylic acids is 1. The highest BCUT2D eigenvalue weighted by Crippen LogP contribution is 2.15. The van der Waals surface area contributed by atoms with Crippen molar-refractivity contribution < 1.29 is 19.4 Å². The van der Waals surface area contributed by atoms with Crippen LogP contribution in [-0.2, 0) is 9.53 Å². The lowest BCUT2D eigenvalue weighted by atomic mass is 10.00. The molecule has 19 heavy (non-hydrogen) atoms. The Morgan fingerprint density at radius 3 is 2.47 bits per heavy atom. The summed E-state index contributed by atoms with van der Waals surface area (Å²) in [5.74, 6) is -1.03. The van der Waals surface area contributed by atoms with Crippen molar-refractivity contribution in [2.45, 2.75) is 32.7 Å². The van der Waals surface area contributed by atoms with Gasteiger partial charge in [-0.05, 0) is 32.6 Å². The molecule has 1 heterocycles. The molecule has 1 aliphatic rings. The number of hydrogen-bond acceptors (Lipinski definition) is 3. The predicted octanol–water partition coefficient (Wildman–Crippen LogP) is 1.16. The fourth-order valence-electron chi connectivity index (χ4n) is 2.04. The van der Waals surface area contributed by atoms with Crippen molar-refractivity contribution in [3.05, 3.63) is 0 Å². The Morgan fingerprint density at radius 1 is 1.37 bits per heavy atom. The van der Waals surface area contributed by atoms with E-state index in [1.807, 2.05) is 0 Å². The number of ether oxygens (including phenoxy) is 1. The molecule has 0 radical (unpaired) electrons. The maximum Gasteiger partial charge on any atom is 0.317 e. The van der Waals surface area contributed by atoms with Crippen molar-refractivity contribution in [1.29, 1.82) is 0 Å². The van der Waals surface area contributed by atoms with Gasteiger partial charge in [-0.25, -0.2) is 4.79 Å². The van der Waals surface area contributed by atoms with Gasteiger partial charge < -0.3 is 20.1 Å². The van der Waals surface area contributed by atoms with Crippen LogP contribution in [0.5, 0.6) is 0 Å². The number of urea groups is 1. The molecule has 1 saturated heterocycles. The summed E-state index contributed by atoms with van der Waals surface area (Å²) in [5.41, 5.74) is 0. The molecule has 2 unspecified atom stereocenters. The first-order valence-corrected chi connectivity index (χ1v) is 6.74. The summed E-state index contributed by atoms with van der Waals surface area (Å²) >= 11 is 0. The quantitative estimate of drug-likeness (QED) is 0.787. The first-order chi connectivity index (χ1) is 8.91. The molecule has 0 bridgehead atoms. The highest BCUT2D eigenvalue weighted by molar-refractivity contribution is 5.76. The van der Waals surface area contributed by atoms with Crippen LogP contribution in [0.1, 0.15) is 26.7 Å². The zero-order valence-corrected chi connectivity index (χ0v) is 11.9. The van der Waals surface area contributed by atoms with Gasteiger partial charge in [-0.2, -0.15) is 0 Å². The molecular formula is C13H24N2O4. The van der Waals surface area contributed by atoms with E-state index in [9.17, 15) is 9.59 Å². The third-order valence-electron chi connectivity index (χ3n) is 3.71. The molecule has 1 aliphatic heterocycles. The summed E-state index contributed by atoms with van der Waals surface area (Å²) in [4.78, 5) is 24.4. The molecule has 1 fully saturated rings. The lowest BCUT2D eigenvalue weighted by molar-refractivity contribution is -0.141. The lowest BCUT2D eigenvalue weighted by Crippen LogP contribution is -2.47. The van der Waals surface area contributed by atoms with Crippen LogP contribution >= 0.6 is 0 Å². The van der Waals surface area contributed by atoms with E-state index in [0.29, 0.717) is 12.5 Å². The maximum absolute atomic E-state index is 11.9. The molecular weight excluding hydrogens is 248 g/mol. The average molecular weight is 272 g/mol. The maximum atomic E-state index is 11.9. The van der Waals surface area contributed by atoms with E-state index < -0.39 is 11.9 Å². The minimum absolute atomic E-state index is 0.216. The Bertz CT molecular complexity index is 316. The number of carbonyl (C=O) groups is 2. The third-order valence-corrected chi connectivity index (χ3v) is 3.71. The number of hydrogen-bond donors (Lipinski definition) is 2. The number of aliphatic carboxylic acids is 1. The van der Waals surface area contributed by atoms with Crippen LogP contribution in [0.2, 0.25) is 0 Å². The molecule has 0 aromatic carbocycles. The average Bonchev–Trinajstić information content (AvgIpc) is 2.38. The number of nitrogens with zero attached hydrogens (tertiary/aromatic N) is 1. The standard InChI is InChI=1S/C13H24N2O4/c1-9(12(16)17)10(2)14-13(18)15(3)8-11-4-6-19-7-5-11/h9-11H,4-8H2,1-3H3,(H,14,18)(H,16,17). The molecule has 6 nitrogen and oxygen atoms in total. The van der Waals surface area contributed by atoms with Gasteiger partial charge >= 0.3 is 12.0 Å². The minimum Gasteiger partial charge on any atom is -0.481 e. The SMILES string of the molecule is CC(NC(=O)N(C)CC1CCOCC1)C(C)C(=O)O. The van der Waals surface area contributed by atoms with Gasteiger partial charge in [-0.15, -0.1) is 0 Å². The van der Waals surface area contributed by atoms with Crippen LogP contribution in [0, 0.1) is 11.8 Å². The second kappa shape index (κ2) is 7.33. The molecule has 2 amide bonds. The molecule has 0 aliphatic carbocycles. The largest absolute Gasteiger partial charge is 0.481 e. The second-order valence-corrected chi connectivity index (χ2v) is 5.30. The summed E-state index contributed by atoms with van der Waals surface area (Å²) in [6.45, 7) is 5.49. The van der Waals surface area contributed by atoms with E-state index in [-0.39, 0.29) is 12.1 Å². The van der Waals surface area contributed by atoms with Gasteiger partial charge in [0.2, 0.25) is 0 Å². The van der Waals surface area contributed by atoms with E-state index in [2.05, 4.69) is 5.32 Å². The van der Waals surface area contributed by atoms with Crippen LogP contribution in [0.15, 0.2) is 0 Å². The molecule has 0 saturated carbocycles. The van der Waals surface area contributed by atoms with E-state index in [4.69, 9.17) is 9.84 Å². The Kier molecular flexibility index (Phi) is 6.08. The van der Waals surface area contributed by atoms with Crippen LogP contribution in [0.25, 0.3) is 0 Å². The van der Waals surface area contributed by atoms with Crippen molar-refractivity contribution in [3.63, 3.8) is 0 Å². The number of rotatable bonds is 5. The van der Waals surface area contributed by atoms with Crippen molar-refractivity contribution in [1.82, 2.24) is 10.2 Å². The lowest BCUT2D eigenvalue weighted by Gasteiger charge is -2.28. The van der Waals surface area contributed by atoms with Gasteiger partial charge in [0, 0.05) is 32.8 Å². The molecule has 2 atom stereocenters. The van der Waals surface area contributed by atoms with Crippen molar-refractivity contribution in [2.75, 3.05) is 26.8 Å². The summed E-state index contributed by atoms with van der Waals surface area (Å²) in [6.07, 6.45) is 1.94. The number of carbonyl (C=O) groups excluding carboxylic acids is 1. The summed E-state index contributed by atoms with van der Waals surface area (Å²) in [6, 6.07) is -0.603. The van der Waals surface area contributed by atoms with Gasteiger partial charge in [0.1, 0.15) is 0 Å². The van der Waals surface area contributed by atoms with Crippen LogP contribution < -0.4 is 5.32 Å². The van der Waals surface area contributed by atoms with Gasteiger partial charge in [0.05, 0.1) is 5.92 Å². The van der Waals surface area contributed by atoms with Crippen molar-refractivity contribution in [3.8, 4) is 0 Å². The Morgan fingerprint density at radius 2 is 1.95 bits per heavy atom. The van der Waals surface area contributed by atoms with Gasteiger partial charge in [-0.1, -0.05) is 0 Å².